The van der Waals surface area contributed by atoms with Crippen LogP contribution in [0.3, 0.4) is 0 Å². The first-order chi connectivity index (χ1) is 14.0. The molecular weight excluding hydrogens is 396 g/mol. The van der Waals surface area contributed by atoms with Crippen LogP contribution in [0.5, 0.6) is 5.75 Å². The van der Waals surface area contributed by atoms with Gasteiger partial charge in [0.1, 0.15) is 11.4 Å². The van der Waals surface area contributed by atoms with E-state index in [1.165, 1.54) is 23.4 Å². The largest absolute Gasteiger partial charge is 0.496 e. The minimum absolute atomic E-state index is 0.233. The summed E-state index contributed by atoms with van der Waals surface area (Å²) in [5, 5.41) is 0.361. The predicted octanol–water partition coefficient (Wildman–Crippen LogP) is 4.29. The number of thioether (sulfide) groups is 1. The van der Waals surface area contributed by atoms with Gasteiger partial charge in [0.05, 0.1) is 20.3 Å². The maximum Gasteiger partial charge on any atom is 0.280 e. The van der Waals surface area contributed by atoms with Crippen molar-refractivity contribution in [2.45, 2.75) is 37.1 Å². The average Bonchev–Trinajstić information content (AvgIpc) is 2.72. The Morgan fingerprint density at radius 2 is 2.00 bits per heavy atom. The van der Waals surface area contributed by atoms with Crippen LogP contribution in [0.15, 0.2) is 29.4 Å². The first-order valence-electron chi connectivity index (χ1n) is 9.77. The smallest absolute Gasteiger partial charge is 0.280 e. The first kappa shape index (κ1) is 21.9. The Morgan fingerprint density at radius 3 is 2.72 bits per heavy atom. The molecule has 2 heterocycles. The lowest BCUT2D eigenvalue weighted by atomic mass is 10.1. The molecule has 5 nitrogen and oxygen atoms in total. The lowest BCUT2D eigenvalue weighted by molar-refractivity contribution is 0.0374. The molecule has 0 bridgehead atoms. The summed E-state index contributed by atoms with van der Waals surface area (Å²) in [4.78, 5) is 10.7. The highest BCUT2D eigenvalue weighted by molar-refractivity contribution is 7.98. The number of aryl methyl sites for hydroxylation is 2. The van der Waals surface area contributed by atoms with E-state index in [1.807, 2.05) is 6.07 Å². The fourth-order valence-electron chi connectivity index (χ4n) is 3.32. The second-order valence-electron chi connectivity index (χ2n) is 7.01. The van der Waals surface area contributed by atoms with Gasteiger partial charge in [-0.3, -0.25) is 4.90 Å². The Bertz CT molecular complexity index is 801. The monoisotopic (exact) mass is 423 g/mol. The van der Waals surface area contributed by atoms with E-state index in [0.29, 0.717) is 16.6 Å². The Hall–Kier alpha value is -1.77. The van der Waals surface area contributed by atoms with Crippen molar-refractivity contribution in [1.82, 2.24) is 14.9 Å². The van der Waals surface area contributed by atoms with Gasteiger partial charge in [-0.1, -0.05) is 23.9 Å². The highest BCUT2D eigenvalue weighted by Gasteiger charge is 2.14. The van der Waals surface area contributed by atoms with Gasteiger partial charge in [0.25, 0.3) is 6.43 Å². The van der Waals surface area contributed by atoms with Crippen molar-refractivity contribution in [3.05, 3.63) is 46.8 Å². The summed E-state index contributed by atoms with van der Waals surface area (Å²) >= 11 is 1.35. The van der Waals surface area contributed by atoms with E-state index < -0.39 is 6.43 Å². The average molecular weight is 424 g/mol. The number of ether oxygens (including phenoxy) is 2. The molecule has 0 saturated carbocycles. The third-order valence-corrected chi connectivity index (χ3v) is 5.72. The zero-order valence-corrected chi connectivity index (χ0v) is 17.7. The number of halogens is 2. The number of morpholine rings is 1. The number of hydrogen-bond acceptors (Lipinski definition) is 6. The highest BCUT2D eigenvalue weighted by atomic mass is 32.2. The number of hydrogen-bond donors (Lipinski definition) is 0. The highest BCUT2D eigenvalue weighted by Crippen LogP contribution is 2.29. The molecule has 1 aromatic heterocycles. The molecule has 0 aliphatic carbocycles. The van der Waals surface area contributed by atoms with Crippen LogP contribution in [0.25, 0.3) is 0 Å². The SMILES string of the molecule is COc1ccc(CCCN2CCOCC2)cc1CSc1nc(C)cc(C(F)F)n1. The third-order valence-electron chi connectivity index (χ3n) is 4.82. The van der Waals surface area contributed by atoms with Gasteiger partial charge in [0, 0.05) is 30.1 Å². The second kappa shape index (κ2) is 10.8. The molecule has 3 rings (SSSR count). The molecule has 29 heavy (non-hydrogen) atoms. The molecule has 0 radical (unpaired) electrons. The normalized spacial score (nSPS) is 15.1. The molecule has 0 N–H and O–H groups in total. The zero-order chi connectivity index (χ0) is 20.6. The minimum atomic E-state index is -2.60. The fraction of sp³-hybridized carbons (Fsp3) is 0.524. The van der Waals surface area contributed by atoms with Crippen molar-refractivity contribution in [2.24, 2.45) is 0 Å². The standard InChI is InChI=1S/C21H27F2N3O2S/c1-15-12-18(20(22)23)25-21(24-15)29-14-17-13-16(5-6-19(17)27-2)4-3-7-26-8-10-28-11-9-26/h5-6,12-13,20H,3-4,7-11,14H2,1-2H3. The van der Waals surface area contributed by atoms with Crippen LogP contribution in [0.2, 0.25) is 0 Å². The number of nitrogens with zero attached hydrogens (tertiary/aromatic N) is 3. The summed E-state index contributed by atoms with van der Waals surface area (Å²) in [6, 6.07) is 7.52. The third kappa shape index (κ3) is 6.62. The van der Waals surface area contributed by atoms with Gasteiger partial charge in [-0.05, 0) is 44.0 Å². The van der Waals surface area contributed by atoms with Gasteiger partial charge in [-0.2, -0.15) is 0 Å². The predicted molar refractivity (Wildman–Crippen MR) is 110 cm³/mol. The Labute approximate surface area is 174 Å². The van der Waals surface area contributed by atoms with E-state index in [2.05, 4.69) is 27.0 Å². The molecule has 2 aromatic rings. The Morgan fingerprint density at radius 1 is 1.21 bits per heavy atom. The molecule has 0 atom stereocenters. The van der Waals surface area contributed by atoms with E-state index >= 15 is 0 Å². The number of benzene rings is 1. The molecule has 1 aliphatic rings. The summed E-state index contributed by atoms with van der Waals surface area (Å²) in [7, 11) is 1.64. The van der Waals surface area contributed by atoms with Crippen molar-refractivity contribution in [3.8, 4) is 5.75 Å². The van der Waals surface area contributed by atoms with Crippen LogP contribution in [0, 0.1) is 6.92 Å². The van der Waals surface area contributed by atoms with Crippen LogP contribution >= 0.6 is 11.8 Å². The van der Waals surface area contributed by atoms with Crippen LogP contribution in [0.1, 0.15) is 35.4 Å². The molecular formula is C21H27F2N3O2S. The van der Waals surface area contributed by atoms with Crippen molar-refractivity contribution < 1.29 is 18.3 Å². The van der Waals surface area contributed by atoms with Crippen LogP contribution in [-0.2, 0) is 16.9 Å². The minimum Gasteiger partial charge on any atom is -0.496 e. The van der Waals surface area contributed by atoms with Crippen LogP contribution in [0.4, 0.5) is 8.78 Å². The van der Waals surface area contributed by atoms with Crippen molar-refractivity contribution in [3.63, 3.8) is 0 Å². The molecule has 158 valence electrons. The summed E-state index contributed by atoms with van der Waals surface area (Å²) in [6.45, 7) is 6.40. The van der Waals surface area contributed by atoms with Crippen molar-refractivity contribution in [2.75, 3.05) is 40.0 Å². The molecule has 1 fully saturated rings. The Balaban J connectivity index is 1.61. The topological polar surface area (TPSA) is 47.5 Å². The van der Waals surface area contributed by atoms with Gasteiger partial charge in [0.15, 0.2) is 5.16 Å². The second-order valence-corrected chi connectivity index (χ2v) is 7.95. The summed E-state index contributed by atoms with van der Waals surface area (Å²) < 4.78 is 36.8. The van der Waals surface area contributed by atoms with Gasteiger partial charge in [-0.25, -0.2) is 18.7 Å². The number of alkyl halides is 2. The lowest BCUT2D eigenvalue weighted by Gasteiger charge is -2.26. The first-order valence-corrected chi connectivity index (χ1v) is 10.8. The quantitative estimate of drug-likeness (QED) is 0.443. The number of methoxy groups -OCH3 is 1. The molecule has 1 aliphatic heterocycles. The Kier molecular flexibility index (Phi) is 8.20. The number of rotatable bonds is 9. The molecule has 1 aromatic carbocycles. The fourth-order valence-corrected chi connectivity index (χ4v) is 4.20. The summed E-state index contributed by atoms with van der Waals surface area (Å²) in [6.07, 6.45) is -0.534. The molecule has 8 heteroatoms. The molecule has 0 unspecified atom stereocenters. The maximum absolute atomic E-state index is 13.0. The van der Waals surface area contributed by atoms with Crippen molar-refractivity contribution in [1.29, 1.82) is 0 Å². The molecule has 0 amide bonds. The number of aromatic nitrogens is 2. The van der Waals surface area contributed by atoms with E-state index in [9.17, 15) is 8.78 Å². The van der Waals surface area contributed by atoms with Gasteiger partial charge >= 0.3 is 0 Å². The van der Waals surface area contributed by atoms with E-state index in [4.69, 9.17) is 9.47 Å². The van der Waals surface area contributed by atoms with Crippen LogP contribution in [-0.4, -0.2) is 54.8 Å². The van der Waals surface area contributed by atoms with E-state index in [0.717, 1.165) is 57.0 Å². The maximum atomic E-state index is 13.0. The van der Waals surface area contributed by atoms with Gasteiger partial charge < -0.3 is 9.47 Å². The lowest BCUT2D eigenvalue weighted by Crippen LogP contribution is -2.36. The van der Waals surface area contributed by atoms with E-state index in [1.54, 1.807) is 14.0 Å². The molecule has 1 saturated heterocycles. The van der Waals surface area contributed by atoms with E-state index in [-0.39, 0.29) is 5.69 Å². The molecule has 0 spiro atoms. The summed E-state index contributed by atoms with van der Waals surface area (Å²) in [5.74, 6) is 1.35. The van der Waals surface area contributed by atoms with Gasteiger partial charge in [-0.15, -0.1) is 0 Å². The zero-order valence-electron chi connectivity index (χ0n) is 16.9. The van der Waals surface area contributed by atoms with Crippen LogP contribution < -0.4 is 4.74 Å². The van der Waals surface area contributed by atoms with Gasteiger partial charge in [0.2, 0.25) is 0 Å². The van der Waals surface area contributed by atoms with Crippen molar-refractivity contribution >= 4 is 11.8 Å². The summed E-state index contributed by atoms with van der Waals surface area (Å²) in [5.41, 5.74) is 2.57.